The maximum atomic E-state index is 6.03. The maximum absolute atomic E-state index is 6.03. The lowest BCUT2D eigenvalue weighted by atomic mass is 10.1. The molecule has 0 aliphatic rings. The van der Waals surface area contributed by atoms with Gasteiger partial charge in [0.2, 0.25) is 0 Å². The fraction of sp³-hybridized carbons (Fsp3) is 0.200. The molecular formula is C15H17N5. The van der Waals surface area contributed by atoms with E-state index in [1.807, 2.05) is 48.4 Å². The first-order valence-electron chi connectivity index (χ1n) is 6.58. The summed E-state index contributed by atoms with van der Waals surface area (Å²) in [6.45, 7) is 0.809. The molecule has 3 aromatic rings. The van der Waals surface area contributed by atoms with E-state index in [0.717, 1.165) is 29.6 Å². The van der Waals surface area contributed by atoms with Crippen LogP contribution in [0.1, 0.15) is 5.56 Å². The van der Waals surface area contributed by atoms with Gasteiger partial charge >= 0.3 is 0 Å². The number of hydrogen-bond acceptors (Lipinski definition) is 4. The quantitative estimate of drug-likeness (QED) is 0.760. The molecule has 102 valence electrons. The Hall–Kier alpha value is -2.56. The average molecular weight is 267 g/mol. The molecule has 20 heavy (non-hydrogen) atoms. The van der Waals surface area contributed by atoms with E-state index in [-0.39, 0.29) is 0 Å². The van der Waals surface area contributed by atoms with Crippen LogP contribution in [0.25, 0.3) is 10.9 Å². The van der Waals surface area contributed by atoms with E-state index in [9.17, 15) is 0 Å². The van der Waals surface area contributed by atoms with Crippen molar-refractivity contribution < 1.29 is 0 Å². The maximum Gasteiger partial charge on any atom is 0.0743 e. The van der Waals surface area contributed by atoms with E-state index in [2.05, 4.69) is 15.4 Å². The van der Waals surface area contributed by atoms with Crippen LogP contribution in [0.4, 0.5) is 11.4 Å². The summed E-state index contributed by atoms with van der Waals surface area (Å²) in [4.78, 5) is 4.33. The SMILES string of the molecule is Cn1cc(CCNc2c(N)cnc3ccccc23)cn1. The van der Waals surface area contributed by atoms with Gasteiger partial charge in [-0.05, 0) is 18.1 Å². The van der Waals surface area contributed by atoms with Gasteiger partial charge in [-0.15, -0.1) is 0 Å². The summed E-state index contributed by atoms with van der Waals surface area (Å²) in [5, 5.41) is 8.63. The summed E-state index contributed by atoms with van der Waals surface area (Å²) < 4.78 is 1.81. The Balaban J connectivity index is 1.78. The molecule has 0 unspecified atom stereocenters. The molecule has 1 aromatic carbocycles. The van der Waals surface area contributed by atoms with E-state index in [4.69, 9.17) is 5.73 Å². The number of anilines is 2. The first-order chi connectivity index (χ1) is 9.74. The van der Waals surface area contributed by atoms with Gasteiger partial charge in [-0.1, -0.05) is 18.2 Å². The molecule has 0 spiro atoms. The highest BCUT2D eigenvalue weighted by Crippen LogP contribution is 2.27. The van der Waals surface area contributed by atoms with Gasteiger partial charge in [0.25, 0.3) is 0 Å². The van der Waals surface area contributed by atoms with Crippen LogP contribution in [-0.4, -0.2) is 21.3 Å². The van der Waals surface area contributed by atoms with Crippen molar-refractivity contribution in [1.29, 1.82) is 0 Å². The second-order valence-corrected chi connectivity index (χ2v) is 4.80. The molecule has 5 nitrogen and oxygen atoms in total. The lowest BCUT2D eigenvalue weighted by Gasteiger charge is -2.11. The fourth-order valence-electron chi connectivity index (χ4n) is 2.29. The van der Waals surface area contributed by atoms with Crippen molar-refractivity contribution in [3.8, 4) is 0 Å². The van der Waals surface area contributed by atoms with E-state index in [1.54, 1.807) is 6.20 Å². The van der Waals surface area contributed by atoms with Crippen LogP contribution in [-0.2, 0) is 13.5 Å². The normalized spacial score (nSPS) is 10.8. The van der Waals surface area contributed by atoms with Gasteiger partial charge in [-0.3, -0.25) is 9.67 Å². The van der Waals surface area contributed by atoms with Gasteiger partial charge in [0.15, 0.2) is 0 Å². The molecule has 0 atom stereocenters. The summed E-state index contributed by atoms with van der Waals surface area (Å²) in [7, 11) is 1.92. The number of rotatable bonds is 4. The molecule has 3 N–H and O–H groups in total. The lowest BCUT2D eigenvalue weighted by molar-refractivity contribution is 0.767. The fourth-order valence-corrected chi connectivity index (χ4v) is 2.29. The highest BCUT2D eigenvalue weighted by atomic mass is 15.2. The zero-order valence-corrected chi connectivity index (χ0v) is 11.4. The third-order valence-electron chi connectivity index (χ3n) is 3.28. The Labute approximate surface area is 117 Å². The number of pyridine rings is 1. The molecule has 0 saturated carbocycles. The van der Waals surface area contributed by atoms with Crippen LogP contribution < -0.4 is 11.1 Å². The molecule has 3 rings (SSSR count). The standard InChI is InChI=1S/C15H17N5/c1-20-10-11(8-19-20)6-7-17-15-12-4-2-3-5-14(12)18-9-13(15)16/h2-5,8-10H,6-7,16H2,1H3,(H,17,18). The van der Waals surface area contributed by atoms with Gasteiger partial charge in [0.05, 0.1) is 29.3 Å². The van der Waals surface area contributed by atoms with Crippen LogP contribution in [0.2, 0.25) is 0 Å². The van der Waals surface area contributed by atoms with Crippen LogP contribution in [0.3, 0.4) is 0 Å². The van der Waals surface area contributed by atoms with Crippen LogP contribution in [0.5, 0.6) is 0 Å². The molecule has 0 fully saturated rings. The molecule has 0 aliphatic heterocycles. The number of benzene rings is 1. The van der Waals surface area contributed by atoms with Gasteiger partial charge < -0.3 is 11.1 Å². The Kier molecular flexibility index (Phi) is 3.25. The highest BCUT2D eigenvalue weighted by molar-refractivity contribution is 5.96. The second-order valence-electron chi connectivity index (χ2n) is 4.80. The number of nitrogens with zero attached hydrogens (tertiary/aromatic N) is 3. The van der Waals surface area contributed by atoms with Crippen LogP contribution in [0, 0.1) is 0 Å². The Morgan fingerprint density at radius 1 is 1.25 bits per heavy atom. The van der Waals surface area contributed by atoms with Crippen molar-refractivity contribution in [2.45, 2.75) is 6.42 Å². The molecular weight excluding hydrogens is 250 g/mol. The molecule has 2 heterocycles. The minimum absolute atomic E-state index is 0.676. The zero-order chi connectivity index (χ0) is 13.9. The van der Waals surface area contributed by atoms with Crippen LogP contribution in [0.15, 0.2) is 42.9 Å². The third-order valence-corrected chi connectivity index (χ3v) is 3.28. The predicted molar refractivity (Wildman–Crippen MR) is 81.6 cm³/mol. The number of para-hydroxylation sites is 1. The van der Waals surface area contributed by atoms with E-state index >= 15 is 0 Å². The number of nitrogens with two attached hydrogens (primary N) is 1. The van der Waals surface area contributed by atoms with Gasteiger partial charge in [-0.2, -0.15) is 5.10 Å². The largest absolute Gasteiger partial charge is 0.396 e. The van der Waals surface area contributed by atoms with Crippen molar-refractivity contribution in [2.24, 2.45) is 7.05 Å². The first kappa shape index (κ1) is 12.5. The number of fused-ring (bicyclic) bond motifs is 1. The first-order valence-corrected chi connectivity index (χ1v) is 6.58. The van der Waals surface area contributed by atoms with Gasteiger partial charge in [-0.25, -0.2) is 0 Å². The molecule has 0 radical (unpaired) electrons. The van der Waals surface area contributed by atoms with Crippen molar-refractivity contribution in [3.05, 3.63) is 48.4 Å². The summed E-state index contributed by atoms with van der Waals surface area (Å²) in [6.07, 6.45) is 6.52. The average Bonchev–Trinajstić information content (AvgIpc) is 2.87. The summed E-state index contributed by atoms with van der Waals surface area (Å²) in [5.74, 6) is 0. The van der Waals surface area contributed by atoms with Crippen molar-refractivity contribution in [2.75, 3.05) is 17.6 Å². The van der Waals surface area contributed by atoms with Crippen molar-refractivity contribution in [1.82, 2.24) is 14.8 Å². The Morgan fingerprint density at radius 2 is 2.10 bits per heavy atom. The lowest BCUT2D eigenvalue weighted by Crippen LogP contribution is -2.07. The number of aryl methyl sites for hydroxylation is 1. The summed E-state index contributed by atoms with van der Waals surface area (Å²) in [6, 6.07) is 7.99. The minimum Gasteiger partial charge on any atom is -0.396 e. The molecule has 0 bridgehead atoms. The van der Waals surface area contributed by atoms with Crippen LogP contribution >= 0.6 is 0 Å². The number of nitrogen functional groups attached to an aromatic ring is 1. The van der Waals surface area contributed by atoms with E-state index in [0.29, 0.717) is 5.69 Å². The topological polar surface area (TPSA) is 68.8 Å². The monoisotopic (exact) mass is 267 g/mol. The molecule has 5 heteroatoms. The third kappa shape index (κ3) is 2.42. The van der Waals surface area contributed by atoms with Gasteiger partial charge in [0.1, 0.15) is 0 Å². The smallest absolute Gasteiger partial charge is 0.0743 e. The Morgan fingerprint density at radius 3 is 2.90 bits per heavy atom. The highest BCUT2D eigenvalue weighted by Gasteiger charge is 2.05. The molecule has 0 aliphatic carbocycles. The van der Waals surface area contributed by atoms with E-state index < -0.39 is 0 Å². The predicted octanol–water partition coefficient (Wildman–Crippen LogP) is 2.21. The summed E-state index contributed by atoms with van der Waals surface area (Å²) >= 11 is 0. The molecule has 0 amide bonds. The zero-order valence-electron chi connectivity index (χ0n) is 11.4. The Bertz CT molecular complexity index is 732. The second kappa shape index (κ2) is 5.21. The van der Waals surface area contributed by atoms with Crippen molar-refractivity contribution in [3.63, 3.8) is 0 Å². The summed E-state index contributed by atoms with van der Waals surface area (Å²) in [5.41, 5.74) is 9.82. The van der Waals surface area contributed by atoms with Gasteiger partial charge in [0, 0.05) is 25.2 Å². The molecule has 2 aromatic heterocycles. The van der Waals surface area contributed by atoms with Crippen molar-refractivity contribution >= 4 is 22.3 Å². The number of aromatic nitrogens is 3. The minimum atomic E-state index is 0.676. The number of nitrogens with one attached hydrogen (secondary N) is 1. The molecule has 0 saturated heterocycles. The number of hydrogen-bond donors (Lipinski definition) is 2. The van der Waals surface area contributed by atoms with E-state index in [1.165, 1.54) is 5.56 Å².